The Hall–Kier alpha value is -1.70. The van der Waals surface area contributed by atoms with Gasteiger partial charge in [0.2, 0.25) is 5.91 Å². The summed E-state index contributed by atoms with van der Waals surface area (Å²) in [5.41, 5.74) is 5.94. The van der Waals surface area contributed by atoms with Crippen molar-refractivity contribution in [1.82, 2.24) is 4.98 Å². The van der Waals surface area contributed by atoms with Crippen molar-refractivity contribution in [1.29, 1.82) is 0 Å². The van der Waals surface area contributed by atoms with Gasteiger partial charge in [-0.15, -0.1) is 3.89 Å². The molecule has 2 N–H and O–H groups in total. The van der Waals surface area contributed by atoms with Crippen LogP contribution in [0.15, 0.2) is 18.3 Å². The van der Waals surface area contributed by atoms with Gasteiger partial charge < -0.3 is 5.73 Å². The van der Waals surface area contributed by atoms with Crippen LogP contribution in [0, 0.1) is 5.92 Å². The number of aromatic nitrogens is 1. The van der Waals surface area contributed by atoms with E-state index >= 15 is 0 Å². The van der Waals surface area contributed by atoms with Crippen LogP contribution in [0.25, 0.3) is 0 Å². The monoisotopic (exact) mass is 273 g/mol. The van der Waals surface area contributed by atoms with Crippen molar-refractivity contribution in [2.75, 3.05) is 22.9 Å². The van der Waals surface area contributed by atoms with Crippen molar-refractivity contribution in [3.05, 3.63) is 18.3 Å². The maximum Gasteiger partial charge on any atom is 0.302 e. The fraction of sp³-hybridized carbons (Fsp3) is 0.400. The lowest BCUT2D eigenvalue weighted by Gasteiger charge is -2.15. The molecule has 1 atom stereocenters. The fourth-order valence-corrected chi connectivity index (χ4v) is 2.74. The molecule has 8 heteroatoms. The van der Waals surface area contributed by atoms with E-state index in [0.29, 0.717) is 11.5 Å². The predicted molar refractivity (Wildman–Crippen MR) is 64.0 cm³/mol. The smallest absolute Gasteiger partial charge is 0.302 e. The number of carbonyl (C=O) groups excluding carboxylic acids is 1. The summed E-state index contributed by atoms with van der Waals surface area (Å²) in [6.07, 6.45) is 1.41. The zero-order valence-electron chi connectivity index (χ0n) is 9.41. The predicted octanol–water partition coefficient (Wildman–Crippen LogP) is 0.316. The minimum absolute atomic E-state index is 0.00913. The number of nitrogen functional groups attached to an aromatic ring is 1. The Bertz CT molecular complexity index is 558. The van der Waals surface area contributed by atoms with Gasteiger partial charge >= 0.3 is 10.2 Å². The van der Waals surface area contributed by atoms with Crippen LogP contribution in [-0.2, 0) is 15.0 Å². The number of anilines is 2. The van der Waals surface area contributed by atoms with E-state index in [1.54, 1.807) is 12.1 Å². The van der Waals surface area contributed by atoms with Gasteiger partial charge in [0.05, 0.1) is 17.6 Å². The van der Waals surface area contributed by atoms with Crippen molar-refractivity contribution in [3.8, 4) is 0 Å². The first kappa shape index (κ1) is 12.7. The van der Waals surface area contributed by atoms with E-state index in [-0.39, 0.29) is 18.9 Å². The Labute approximate surface area is 104 Å². The molecule has 0 saturated carbocycles. The van der Waals surface area contributed by atoms with Crippen molar-refractivity contribution in [2.45, 2.75) is 6.42 Å². The van der Waals surface area contributed by atoms with Gasteiger partial charge in [0, 0.05) is 18.9 Å². The first-order valence-corrected chi connectivity index (χ1v) is 6.84. The van der Waals surface area contributed by atoms with Gasteiger partial charge in [-0.2, -0.15) is 8.42 Å². The van der Waals surface area contributed by atoms with E-state index in [4.69, 9.17) is 5.73 Å². The minimum Gasteiger partial charge on any atom is -0.397 e. The molecule has 1 amide bonds. The first-order chi connectivity index (χ1) is 8.35. The molecule has 1 fully saturated rings. The minimum atomic E-state index is -4.56. The molecule has 98 valence electrons. The number of hydrogen-bond donors (Lipinski definition) is 1. The van der Waals surface area contributed by atoms with Gasteiger partial charge in [-0.25, -0.2) is 4.98 Å². The third kappa shape index (κ3) is 2.95. The molecule has 1 unspecified atom stereocenters. The second kappa shape index (κ2) is 4.52. The number of hydrogen-bond acceptors (Lipinski definition) is 5. The molecule has 0 aromatic carbocycles. The Kier molecular flexibility index (Phi) is 3.20. The SMILES string of the molecule is Nc1ccc(N2CC(CS(=O)(=O)F)CC2=O)nc1. The maximum absolute atomic E-state index is 12.6. The molecule has 1 aliphatic rings. The van der Waals surface area contributed by atoms with Gasteiger partial charge in [0.15, 0.2) is 0 Å². The molecule has 2 rings (SSSR count). The molecule has 0 aliphatic carbocycles. The highest BCUT2D eigenvalue weighted by atomic mass is 32.3. The molecular weight excluding hydrogens is 261 g/mol. The quantitative estimate of drug-likeness (QED) is 0.800. The van der Waals surface area contributed by atoms with Crippen molar-refractivity contribution < 1.29 is 17.1 Å². The zero-order chi connectivity index (χ0) is 13.3. The highest BCUT2D eigenvalue weighted by Gasteiger charge is 2.34. The zero-order valence-corrected chi connectivity index (χ0v) is 10.2. The second-order valence-corrected chi connectivity index (χ2v) is 5.64. The third-order valence-corrected chi connectivity index (χ3v) is 3.56. The highest BCUT2D eigenvalue weighted by Crippen LogP contribution is 2.25. The van der Waals surface area contributed by atoms with Gasteiger partial charge in [0.1, 0.15) is 5.82 Å². The van der Waals surface area contributed by atoms with Gasteiger partial charge in [0.25, 0.3) is 0 Å². The lowest BCUT2D eigenvalue weighted by atomic mass is 10.1. The Morgan fingerprint density at radius 3 is 2.78 bits per heavy atom. The summed E-state index contributed by atoms with van der Waals surface area (Å²) in [6.45, 7) is 0.152. The number of nitrogens with two attached hydrogens (primary N) is 1. The van der Waals surface area contributed by atoms with Crippen molar-refractivity contribution in [3.63, 3.8) is 0 Å². The number of halogens is 1. The molecule has 1 aromatic rings. The van der Waals surface area contributed by atoms with E-state index < -0.39 is 21.9 Å². The number of amides is 1. The second-order valence-electron chi connectivity index (χ2n) is 4.23. The summed E-state index contributed by atoms with van der Waals surface area (Å²) in [5, 5.41) is 0. The normalized spacial score (nSPS) is 20.4. The summed E-state index contributed by atoms with van der Waals surface area (Å²) in [4.78, 5) is 17.0. The molecular formula is C10H12FN3O3S. The third-order valence-electron chi connectivity index (χ3n) is 2.69. The summed E-state index contributed by atoms with van der Waals surface area (Å²) in [7, 11) is -4.56. The molecule has 0 bridgehead atoms. The van der Waals surface area contributed by atoms with Gasteiger partial charge in [-0.05, 0) is 12.1 Å². The molecule has 6 nitrogen and oxygen atoms in total. The Morgan fingerprint density at radius 1 is 1.50 bits per heavy atom. The standard InChI is InChI=1S/C10H12FN3O3S/c11-18(16,17)6-7-3-10(15)14(5-7)9-2-1-8(12)4-13-9/h1-2,4,7H,3,5-6,12H2. The van der Waals surface area contributed by atoms with E-state index in [2.05, 4.69) is 4.98 Å². The molecule has 1 saturated heterocycles. The lowest BCUT2D eigenvalue weighted by molar-refractivity contribution is -0.117. The number of nitrogens with zero attached hydrogens (tertiary/aromatic N) is 2. The van der Waals surface area contributed by atoms with E-state index in [0.717, 1.165) is 0 Å². The molecule has 2 heterocycles. The average molecular weight is 273 g/mol. The van der Waals surface area contributed by atoms with Gasteiger partial charge in [-0.1, -0.05) is 0 Å². The summed E-state index contributed by atoms with van der Waals surface area (Å²) in [5.74, 6) is -1.04. The topological polar surface area (TPSA) is 93.4 Å². The van der Waals surface area contributed by atoms with Crippen LogP contribution in [0.2, 0.25) is 0 Å². The van der Waals surface area contributed by atoms with Crippen LogP contribution in [0.5, 0.6) is 0 Å². The summed E-state index contributed by atoms with van der Waals surface area (Å²) in [6, 6.07) is 3.16. The number of carbonyl (C=O) groups is 1. The van der Waals surface area contributed by atoms with Crippen LogP contribution in [-0.4, -0.2) is 31.6 Å². The van der Waals surface area contributed by atoms with Crippen LogP contribution >= 0.6 is 0 Å². The summed E-state index contributed by atoms with van der Waals surface area (Å²) < 4.78 is 33.7. The Balaban J connectivity index is 2.12. The van der Waals surface area contributed by atoms with Gasteiger partial charge in [-0.3, -0.25) is 9.69 Å². The largest absolute Gasteiger partial charge is 0.397 e. The van der Waals surface area contributed by atoms with E-state index in [9.17, 15) is 17.1 Å². The molecule has 0 spiro atoms. The summed E-state index contributed by atoms with van der Waals surface area (Å²) >= 11 is 0. The Morgan fingerprint density at radius 2 is 2.22 bits per heavy atom. The maximum atomic E-state index is 12.6. The van der Waals surface area contributed by atoms with Crippen LogP contribution in [0.1, 0.15) is 6.42 Å². The molecule has 18 heavy (non-hydrogen) atoms. The average Bonchev–Trinajstić information content (AvgIpc) is 2.58. The lowest BCUT2D eigenvalue weighted by Crippen LogP contribution is -2.26. The van der Waals surface area contributed by atoms with E-state index in [1.165, 1.54) is 11.1 Å². The first-order valence-electron chi connectivity index (χ1n) is 5.29. The van der Waals surface area contributed by atoms with Crippen molar-refractivity contribution in [2.24, 2.45) is 5.92 Å². The molecule has 1 aromatic heterocycles. The van der Waals surface area contributed by atoms with Crippen LogP contribution in [0.4, 0.5) is 15.4 Å². The van der Waals surface area contributed by atoms with E-state index in [1.807, 2.05) is 0 Å². The van der Waals surface area contributed by atoms with Crippen LogP contribution in [0.3, 0.4) is 0 Å². The number of pyridine rings is 1. The molecule has 0 radical (unpaired) electrons. The molecule has 1 aliphatic heterocycles. The van der Waals surface area contributed by atoms with Crippen molar-refractivity contribution >= 4 is 27.6 Å². The highest BCUT2D eigenvalue weighted by molar-refractivity contribution is 7.86. The fourth-order valence-electron chi connectivity index (χ4n) is 1.95. The van der Waals surface area contributed by atoms with Crippen LogP contribution < -0.4 is 10.6 Å². The number of rotatable bonds is 3.